The predicted octanol–water partition coefficient (Wildman–Crippen LogP) is 11.2. The Morgan fingerprint density at radius 3 is 1.15 bits per heavy atom. The number of nitrogens with zero attached hydrogens (tertiary/aromatic N) is 9. The van der Waals surface area contributed by atoms with Crippen LogP contribution in [0.2, 0.25) is 0 Å². The Bertz CT molecular complexity index is 4520. The van der Waals surface area contributed by atoms with Crippen molar-refractivity contribution in [3.63, 3.8) is 0 Å². The minimum absolute atomic E-state index is 0.0535. The highest BCUT2D eigenvalue weighted by molar-refractivity contribution is 6.24. The number of allylic oxidation sites excluding steroid dienone is 6. The van der Waals surface area contributed by atoms with Crippen LogP contribution in [0.3, 0.4) is 0 Å². The molecule has 3 aliphatic heterocycles. The molecule has 0 spiro atoms. The van der Waals surface area contributed by atoms with E-state index < -0.39 is 0 Å². The van der Waals surface area contributed by atoms with Crippen LogP contribution < -0.4 is 24.2 Å². The Morgan fingerprint density at radius 1 is 0.371 bits per heavy atom. The molecule has 9 aromatic rings. The van der Waals surface area contributed by atoms with Crippen molar-refractivity contribution in [2.75, 3.05) is 28.9 Å². The maximum Gasteiger partial charge on any atom is 0.238 e. The molecular weight excluding hydrogens is 1120 g/mol. The summed E-state index contributed by atoms with van der Waals surface area (Å²) in [6.45, 7) is 2.03. The van der Waals surface area contributed by atoms with E-state index >= 15 is 0 Å². The van der Waals surface area contributed by atoms with Crippen LogP contribution in [-0.4, -0.2) is 79.6 Å². The molecule has 6 amide bonds. The third kappa shape index (κ3) is 8.71. The van der Waals surface area contributed by atoms with Crippen molar-refractivity contribution in [3.05, 3.63) is 188 Å². The number of para-hydroxylation sites is 1. The third-order valence-electron chi connectivity index (χ3n) is 20.0. The Hall–Kier alpha value is -10.4. The molecule has 12 atom stereocenters. The van der Waals surface area contributed by atoms with Gasteiger partial charge in [-0.05, 0) is 170 Å². The number of benzene rings is 6. The quantitative estimate of drug-likeness (QED) is 0.102. The van der Waals surface area contributed by atoms with Crippen LogP contribution in [0, 0.1) is 77.9 Å². The van der Waals surface area contributed by atoms with Crippen LogP contribution in [0.4, 0.5) is 17.1 Å². The molecule has 6 aromatic carbocycles. The van der Waals surface area contributed by atoms with Gasteiger partial charge in [0, 0.05) is 57.5 Å². The standard InChI is InChI=1S/2C24H19N3O3.C24H19N3O2/c1-30-18-9-6-16-12-25-22(26-19(16)11-18)13-4-7-17(8-5-13)27-23(28)20-14-2-3-15(10-14)21(20)24(27)29;1-30-18-8-9-19-16(11-18)12-25-22(26-19)13-4-6-17(7-5-13)27-23(28)20-14-2-3-15(10-14)21(20)24(27)29;1-13-3-2-4-17-12-25-22(26-21(13)17)14-7-9-18(10-8-14)27-23(28)19-15-5-6-16(11-15)20(19)24(27)29/h2*2-9,11-12,14-15,20-21H,10H2,1H3;2-10,12,15-16,19-20H,11H2,1H3/t2*14-,15?,20-,21+;15-,16?,19-,20+/m000/s1. The number of hydrogen-bond donors (Lipinski definition) is 0. The van der Waals surface area contributed by atoms with Gasteiger partial charge in [-0.15, -0.1) is 0 Å². The summed E-state index contributed by atoms with van der Waals surface area (Å²) in [4.78, 5) is 109. The highest BCUT2D eigenvalue weighted by atomic mass is 16.5. The van der Waals surface area contributed by atoms with Crippen LogP contribution in [-0.2, 0) is 28.8 Å². The lowest BCUT2D eigenvalue weighted by molar-refractivity contribution is -0.124. The number of methoxy groups -OCH3 is 2. The van der Waals surface area contributed by atoms with E-state index in [1.807, 2.05) is 128 Å². The summed E-state index contributed by atoms with van der Waals surface area (Å²) < 4.78 is 10.5. The van der Waals surface area contributed by atoms with Crippen molar-refractivity contribution in [3.8, 4) is 45.7 Å². The highest BCUT2D eigenvalue weighted by Gasteiger charge is 2.62. The molecule has 6 fully saturated rings. The van der Waals surface area contributed by atoms with E-state index in [1.165, 1.54) is 14.7 Å². The predicted molar refractivity (Wildman–Crippen MR) is 333 cm³/mol. The highest BCUT2D eigenvalue weighted by Crippen LogP contribution is 2.56. The van der Waals surface area contributed by atoms with Gasteiger partial charge in [-0.1, -0.05) is 54.7 Å². The molecule has 3 aromatic heterocycles. The normalized spacial score (nSPS) is 26.8. The second-order valence-electron chi connectivity index (χ2n) is 24.6. The molecule has 6 aliphatic carbocycles. The second-order valence-corrected chi connectivity index (χ2v) is 24.6. The van der Waals surface area contributed by atoms with Gasteiger partial charge in [0.15, 0.2) is 17.5 Å². The van der Waals surface area contributed by atoms with Gasteiger partial charge in [-0.2, -0.15) is 0 Å². The van der Waals surface area contributed by atoms with Crippen LogP contribution in [0.25, 0.3) is 66.9 Å². The number of aryl methyl sites for hydroxylation is 1. The van der Waals surface area contributed by atoms with Crippen molar-refractivity contribution in [2.45, 2.75) is 26.2 Å². The van der Waals surface area contributed by atoms with Gasteiger partial charge >= 0.3 is 0 Å². The number of carbonyl (C=O) groups excluding carboxylic acids is 6. The maximum absolute atomic E-state index is 13.0. The van der Waals surface area contributed by atoms with E-state index in [0.29, 0.717) is 34.5 Å². The summed E-state index contributed by atoms with van der Waals surface area (Å²) in [5, 5.41) is 2.84. The number of hydrogen-bond acceptors (Lipinski definition) is 14. The lowest BCUT2D eigenvalue weighted by Gasteiger charge is -2.17. The largest absolute Gasteiger partial charge is 0.497 e. The summed E-state index contributed by atoms with van der Waals surface area (Å²) in [7, 11) is 3.25. The molecule has 18 rings (SSSR count). The SMILES string of the molecule is COc1ccc2cnc(-c3ccc(N4C(=O)[C@@H]5[C@H](C4=O)C4C=C[C@H]5C4)cc3)nc2c1.COc1ccc2nc(-c3ccc(N4C(=O)[C@@H]5[C@H](C4=O)C4C=C[C@H]5C4)cc3)ncc2c1.Cc1cccc2cnc(-c3ccc(N4C(=O)[C@@H]5[C@H](C4=O)C4C=C[C@H]5C4)cc3)nc12. The number of anilines is 3. The molecule has 6 heterocycles. The Labute approximate surface area is 510 Å². The lowest BCUT2D eigenvalue weighted by atomic mass is 9.85. The summed E-state index contributed by atoms with van der Waals surface area (Å²) >= 11 is 0. The molecule has 3 saturated carbocycles. The zero-order chi connectivity index (χ0) is 60.5. The average Bonchev–Trinajstić information content (AvgIpc) is 2.34. The van der Waals surface area contributed by atoms with Gasteiger partial charge in [-0.3, -0.25) is 43.5 Å². The van der Waals surface area contributed by atoms with Gasteiger partial charge in [0.1, 0.15) is 11.5 Å². The molecule has 3 unspecified atom stereocenters. The Balaban J connectivity index is 0.000000107. The van der Waals surface area contributed by atoms with E-state index in [4.69, 9.17) is 14.5 Å². The fraction of sp³-hybridized carbons (Fsp3) is 0.250. The van der Waals surface area contributed by atoms with Crippen molar-refractivity contribution in [1.82, 2.24) is 29.9 Å². The molecule has 17 nitrogen and oxygen atoms in total. The number of ether oxygens (including phenoxy) is 2. The number of carbonyl (C=O) groups is 6. The number of rotatable bonds is 8. The van der Waals surface area contributed by atoms with Crippen LogP contribution in [0.15, 0.2) is 182 Å². The molecule has 17 heteroatoms. The maximum atomic E-state index is 13.0. The van der Waals surface area contributed by atoms with E-state index in [0.717, 1.165) is 85.7 Å². The zero-order valence-corrected chi connectivity index (χ0v) is 48.7. The van der Waals surface area contributed by atoms with Crippen LogP contribution in [0.1, 0.15) is 24.8 Å². The monoisotopic (exact) mass is 1180 g/mol. The number of fused-ring (bicyclic) bond motifs is 18. The molecular formula is C72H57N9O8. The lowest BCUT2D eigenvalue weighted by Crippen LogP contribution is -2.32. The fourth-order valence-electron chi connectivity index (χ4n) is 15.6. The topological polar surface area (TPSA) is 208 Å². The van der Waals surface area contributed by atoms with Crippen molar-refractivity contribution < 1.29 is 38.2 Å². The molecule has 3 saturated heterocycles. The molecule has 0 radical (unpaired) electrons. The van der Waals surface area contributed by atoms with Gasteiger partial charge < -0.3 is 9.47 Å². The second kappa shape index (κ2) is 20.9. The minimum Gasteiger partial charge on any atom is -0.497 e. The van der Waals surface area contributed by atoms with Crippen molar-refractivity contribution in [2.24, 2.45) is 71.0 Å². The smallest absolute Gasteiger partial charge is 0.238 e. The van der Waals surface area contributed by atoms with Crippen LogP contribution in [0.5, 0.6) is 11.5 Å². The van der Waals surface area contributed by atoms with Crippen LogP contribution >= 0.6 is 0 Å². The molecule has 89 heavy (non-hydrogen) atoms. The molecule has 438 valence electrons. The summed E-state index contributed by atoms with van der Waals surface area (Å²) in [5.41, 5.74) is 8.04. The van der Waals surface area contributed by atoms with E-state index in [1.54, 1.807) is 38.7 Å². The van der Waals surface area contributed by atoms with Crippen molar-refractivity contribution in [1.29, 1.82) is 0 Å². The van der Waals surface area contributed by atoms with Crippen molar-refractivity contribution >= 4 is 85.2 Å². The Kier molecular flexibility index (Phi) is 12.7. The summed E-state index contributed by atoms with van der Waals surface area (Å²) in [6.07, 6.45) is 20.8. The first kappa shape index (κ1) is 54.0. The van der Waals surface area contributed by atoms with E-state index in [2.05, 4.69) is 61.4 Å². The number of amides is 6. The van der Waals surface area contributed by atoms with Gasteiger partial charge in [0.2, 0.25) is 35.4 Å². The Morgan fingerprint density at radius 2 is 0.730 bits per heavy atom. The number of aromatic nitrogens is 6. The third-order valence-corrected chi connectivity index (χ3v) is 20.0. The molecule has 9 aliphatic rings. The summed E-state index contributed by atoms with van der Waals surface area (Å²) in [6, 6.07) is 39.5. The minimum atomic E-state index is -0.189. The number of imide groups is 3. The first-order valence-corrected chi connectivity index (χ1v) is 30.2. The first-order chi connectivity index (χ1) is 43.4. The van der Waals surface area contributed by atoms with Gasteiger partial charge in [0.05, 0.1) is 83.3 Å². The fourth-order valence-corrected chi connectivity index (χ4v) is 15.6. The van der Waals surface area contributed by atoms with E-state index in [-0.39, 0.29) is 106 Å². The molecule has 6 bridgehead atoms. The zero-order valence-electron chi connectivity index (χ0n) is 48.7. The first-order valence-electron chi connectivity index (χ1n) is 30.2. The average molecular weight is 1180 g/mol. The van der Waals surface area contributed by atoms with Gasteiger partial charge in [0.25, 0.3) is 0 Å². The molecule has 0 N–H and O–H groups in total. The van der Waals surface area contributed by atoms with Gasteiger partial charge in [-0.25, -0.2) is 29.9 Å². The van der Waals surface area contributed by atoms with E-state index in [9.17, 15) is 28.8 Å². The summed E-state index contributed by atoms with van der Waals surface area (Å²) in [5.74, 6) is 3.13.